The molecule has 1 fully saturated rings. The molecule has 1 amide bonds. The number of carboxylic acid groups (broad SMARTS) is 1. The molecule has 6 nitrogen and oxygen atoms in total. The standard InChI is InChI=1S/C12H21NO5/c1-11(2,3)18-10(16)13-6-7-17-12(4,5)8(13)9(14)15/h8H,6-7H2,1-5H3,(H,14,15)/t8-/m1/s1. The zero-order valence-corrected chi connectivity index (χ0v) is 11.5. The van der Waals surface area contributed by atoms with Crippen LogP contribution in [0.4, 0.5) is 4.79 Å². The van der Waals surface area contributed by atoms with Crippen LogP contribution in [0.15, 0.2) is 0 Å². The van der Waals surface area contributed by atoms with Gasteiger partial charge in [0, 0.05) is 6.54 Å². The van der Waals surface area contributed by atoms with E-state index in [0.29, 0.717) is 6.61 Å². The second-order valence-corrected chi connectivity index (χ2v) is 5.87. The van der Waals surface area contributed by atoms with Crippen molar-refractivity contribution in [1.29, 1.82) is 0 Å². The molecule has 6 heteroatoms. The fourth-order valence-electron chi connectivity index (χ4n) is 1.94. The Balaban J connectivity index is 2.91. The fourth-order valence-corrected chi connectivity index (χ4v) is 1.94. The van der Waals surface area contributed by atoms with Crippen molar-refractivity contribution in [2.45, 2.75) is 51.9 Å². The van der Waals surface area contributed by atoms with Crippen LogP contribution in [0, 0.1) is 0 Å². The van der Waals surface area contributed by atoms with Crippen LogP contribution < -0.4 is 0 Å². The summed E-state index contributed by atoms with van der Waals surface area (Å²) in [5.41, 5.74) is -1.58. The molecule has 1 aliphatic heterocycles. The monoisotopic (exact) mass is 259 g/mol. The molecule has 0 bridgehead atoms. The lowest BCUT2D eigenvalue weighted by Crippen LogP contribution is -2.62. The van der Waals surface area contributed by atoms with E-state index in [2.05, 4.69) is 0 Å². The molecule has 0 aromatic carbocycles. The van der Waals surface area contributed by atoms with Crippen LogP contribution in [0.1, 0.15) is 34.6 Å². The van der Waals surface area contributed by atoms with Gasteiger partial charge in [-0.2, -0.15) is 0 Å². The molecule has 0 saturated carbocycles. The van der Waals surface area contributed by atoms with E-state index in [1.54, 1.807) is 34.6 Å². The molecule has 1 N–H and O–H groups in total. The number of amides is 1. The van der Waals surface area contributed by atoms with E-state index in [1.807, 2.05) is 0 Å². The van der Waals surface area contributed by atoms with Gasteiger partial charge < -0.3 is 14.6 Å². The Morgan fingerprint density at radius 3 is 2.39 bits per heavy atom. The van der Waals surface area contributed by atoms with E-state index in [-0.39, 0.29) is 6.54 Å². The van der Waals surface area contributed by atoms with Crippen molar-refractivity contribution in [2.75, 3.05) is 13.2 Å². The molecule has 0 aromatic heterocycles. The predicted molar refractivity (Wildman–Crippen MR) is 64.4 cm³/mol. The molecule has 104 valence electrons. The quantitative estimate of drug-likeness (QED) is 0.772. The summed E-state index contributed by atoms with van der Waals surface area (Å²) in [6.07, 6.45) is -0.619. The highest BCUT2D eigenvalue weighted by atomic mass is 16.6. The highest BCUT2D eigenvalue weighted by Gasteiger charge is 2.47. The minimum absolute atomic E-state index is 0.218. The van der Waals surface area contributed by atoms with Gasteiger partial charge in [0.15, 0.2) is 6.04 Å². The van der Waals surface area contributed by atoms with Crippen LogP contribution >= 0.6 is 0 Å². The molecule has 1 heterocycles. The number of hydrogen-bond donors (Lipinski definition) is 1. The minimum atomic E-state index is -1.09. The minimum Gasteiger partial charge on any atom is -0.480 e. The highest BCUT2D eigenvalue weighted by Crippen LogP contribution is 2.26. The molecule has 1 saturated heterocycles. The number of morpholine rings is 1. The predicted octanol–water partition coefficient (Wildman–Crippen LogP) is 1.49. The summed E-state index contributed by atoms with van der Waals surface area (Å²) in [4.78, 5) is 24.5. The molecule has 0 unspecified atom stereocenters. The van der Waals surface area contributed by atoms with Crippen molar-refractivity contribution >= 4 is 12.1 Å². The first-order chi connectivity index (χ1) is 8.04. The third kappa shape index (κ3) is 3.35. The van der Waals surface area contributed by atoms with Crippen molar-refractivity contribution < 1.29 is 24.2 Å². The normalized spacial score (nSPS) is 23.6. The Bertz CT molecular complexity index is 345. The summed E-state index contributed by atoms with van der Waals surface area (Å²) in [5, 5.41) is 9.26. The molecular weight excluding hydrogens is 238 g/mol. The van der Waals surface area contributed by atoms with Crippen molar-refractivity contribution in [2.24, 2.45) is 0 Å². The Kier molecular flexibility index (Phi) is 3.90. The summed E-state index contributed by atoms with van der Waals surface area (Å²) in [6, 6.07) is -1.04. The van der Waals surface area contributed by atoms with Gasteiger partial charge in [-0.25, -0.2) is 9.59 Å². The maximum absolute atomic E-state index is 12.0. The second-order valence-electron chi connectivity index (χ2n) is 5.87. The molecule has 1 rings (SSSR count). The number of ether oxygens (including phenoxy) is 2. The third-order valence-corrected chi connectivity index (χ3v) is 2.64. The summed E-state index contributed by atoms with van der Waals surface area (Å²) in [7, 11) is 0. The molecule has 1 aliphatic rings. The largest absolute Gasteiger partial charge is 0.480 e. The lowest BCUT2D eigenvalue weighted by Gasteiger charge is -2.43. The smallest absolute Gasteiger partial charge is 0.411 e. The number of rotatable bonds is 1. The van der Waals surface area contributed by atoms with Gasteiger partial charge in [-0.1, -0.05) is 0 Å². The van der Waals surface area contributed by atoms with E-state index >= 15 is 0 Å². The maximum Gasteiger partial charge on any atom is 0.411 e. The van der Waals surface area contributed by atoms with Gasteiger partial charge in [-0.05, 0) is 34.6 Å². The van der Waals surface area contributed by atoms with Gasteiger partial charge in [0.1, 0.15) is 5.60 Å². The number of hydrogen-bond acceptors (Lipinski definition) is 4. The lowest BCUT2D eigenvalue weighted by molar-refractivity contribution is -0.169. The van der Waals surface area contributed by atoms with E-state index in [1.165, 1.54) is 4.90 Å². The SMILES string of the molecule is CC(C)(C)OC(=O)N1CCOC(C)(C)[C@H]1C(=O)O. The Morgan fingerprint density at radius 2 is 1.94 bits per heavy atom. The summed E-state index contributed by atoms with van der Waals surface area (Å²) in [6.45, 7) is 9.06. The molecular formula is C12H21NO5. The average Bonchev–Trinajstić information content (AvgIpc) is 2.11. The fraction of sp³-hybridized carbons (Fsp3) is 0.833. The van der Waals surface area contributed by atoms with Gasteiger partial charge >= 0.3 is 12.1 Å². The Morgan fingerprint density at radius 1 is 1.39 bits per heavy atom. The number of carbonyl (C=O) groups is 2. The molecule has 18 heavy (non-hydrogen) atoms. The second kappa shape index (κ2) is 4.76. The van der Waals surface area contributed by atoms with Crippen LogP contribution in [0.25, 0.3) is 0 Å². The highest BCUT2D eigenvalue weighted by molar-refractivity contribution is 5.81. The summed E-state index contributed by atoms with van der Waals surface area (Å²) in [5.74, 6) is -1.09. The van der Waals surface area contributed by atoms with Crippen LogP contribution in [0.3, 0.4) is 0 Å². The van der Waals surface area contributed by atoms with Gasteiger partial charge in [0.25, 0.3) is 0 Å². The van der Waals surface area contributed by atoms with Crippen molar-refractivity contribution in [3.8, 4) is 0 Å². The molecule has 1 atom stereocenters. The number of nitrogens with zero attached hydrogens (tertiary/aromatic N) is 1. The molecule has 0 spiro atoms. The van der Waals surface area contributed by atoms with Crippen molar-refractivity contribution in [1.82, 2.24) is 4.90 Å². The Hall–Kier alpha value is -1.30. The van der Waals surface area contributed by atoms with E-state index in [9.17, 15) is 14.7 Å². The number of carboxylic acids is 1. The first kappa shape index (κ1) is 14.8. The maximum atomic E-state index is 12.0. The third-order valence-electron chi connectivity index (χ3n) is 2.64. The van der Waals surface area contributed by atoms with Gasteiger partial charge in [0.05, 0.1) is 12.2 Å². The van der Waals surface area contributed by atoms with E-state index in [0.717, 1.165) is 0 Å². The van der Waals surface area contributed by atoms with Crippen molar-refractivity contribution in [3.05, 3.63) is 0 Å². The first-order valence-corrected chi connectivity index (χ1v) is 5.91. The van der Waals surface area contributed by atoms with Gasteiger partial charge in [0.2, 0.25) is 0 Å². The number of aliphatic carboxylic acids is 1. The van der Waals surface area contributed by atoms with Gasteiger partial charge in [-0.15, -0.1) is 0 Å². The van der Waals surface area contributed by atoms with Gasteiger partial charge in [-0.3, -0.25) is 4.90 Å². The zero-order valence-electron chi connectivity index (χ0n) is 11.5. The lowest BCUT2D eigenvalue weighted by atomic mass is 9.95. The van der Waals surface area contributed by atoms with E-state index in [4.69, 9.17) is 9.47 Å². The molecule has 0 radical (unpaired) electrons. The van der Waals surface area contributed by atoms with Crippen molar-refractivity contribution in [3.63, 3.8) is 0 Å². The summed E-state index contributed by atoms with van der Waals surface area (Å²) >= 11 is 0. The first-order valence-electron chi connectivity index (χ1n) is 5.91. The van der Waals surface area contributed by atoms with Crippen LogP contribution in [0.5, 0.6) is 0 Å². The number of carbonyl (C=O) groups excluding carboxylic acids is 1. The Labute approximate surface area is 107 Å². The van der Waals surface area contributed by atoms with Crippen LogP contribution in [-0.4, -0.2) is 52.5 Å². The average molecular weight is 259 g/mol. The molecule has 0 aliphatic carbocycles. The summed E-state index contributed by atoms with van der Waals surface area (Å²) < 4.78 is 10.6. The van der Waals surface area contributed by atoms with Crippen LogP contribution in [0.2, 0.25) is 0 Å². The topological polar surface area (TPSA) is 76.1 Å². The zero-order chi connectivity index (χ0) is 14.1. The molecule has 0 aromatic rings. The van der Waals surface area contributed by atoms with Crippen LogP contribution in [-0.2, 0) is 14.3 Å². The van der Waals surface area contributed by atoms with E-state index < -0.39 is 29.3 Å².